The number of amidine groups is 1. The molecule has 4 heteroatoms. The molecule has 1 aromatic rings. The molecule has 0 atom stereocenters. The van der Waals surface area contributed by atoms with Crippen molar-refractivity contribution in [1.82, 2.24) is 0 Å². The van der Waals surface area contributed by atoms with Gasteiger partial charge in [0.05, 0.1) is 5.69 Å². The van der Waals surface area contributed by atoms with E-state index in [0.717, 1.165) is 30.4 Å². The zero-order valence-electron chi connectivity index (χ0n) is 7.73. The molecule has 2 aliphatic rings. The summed E-state index contributed by atoms with van der Waals surface area (Å²) in [5.74, 6) is 0. The molecular formula is C10H11N3S. The van der Waals surface area contributed by atoms with Crippen LogP contribution in [0.25, 0.3) is 0 Å². The largest absolute Gasteiger partial charge is 0.399 e. The van der Waals surface area contributed by atoms with E-state index in [1.807, 2.05) is 12.1 Å². The maximum atomic E-state index is 5.78. The average Bonchev–Trinajstić information content (AvgIpc) is 2.56. The molecule has 0 saturated heterocycles. The Labute approximate surface area is 87.0 Å². The van der Waals surface area contributed by atoms with Gasteiger partial charge in [-0.1, -0.05) is 0 Å². The lowest BCUT2D eigenvalue weighted by Crippen LogP contribution is -2.30. The summed E-state index contributed by atoms with van der Waals surface area (Å²) in [6.45, 7) is 2.03. The van der Waals surface area contributed by atoms with Gasteiger partial charge in [0.25, 0.3) is 0 Å². The zero-order valence-corrected chi connectivity index (χ0v) is 8.55. The van der Waals surface area contributed by atoms with Crippen molar-refractivity contribution in [3.05, 3.63) is 18.2 Å². The van der Waals surface area contributed by atoms with Gasteiger partial charge in [-0.3, -0.25) is 4.99 Å². The van der Waals surface area contributed by atoms with E-state index in [-0.39, 0.29) is 0 Å². The number of nitrogens with two attached hydrogens (primary N) is 1. The van der Waals surface area contributed by atoms with Gasteiger partial charge >= 0.3 is 0 Å². The van der Waals surface area contributed by atoms with E-state index in [4.69, 9.17) is 5.73 Å². The van der Waals surface area contributed by atoms with Gasteiger partial charge in [0.2, 0.25) is 0 Å². The Morgan fingerprint density at radius 2 is 2.36 bits per heavy atom. The SMILES string of the molecule is Nc1ccc2c(c1)N1CCCN=C1S2. The van der Waals surface area contributed by atoms with Crippen LogP contribution >= 0.6 is 11.8 Å². The lowest BCUT2D eigenvalue weighted by Gasteiger charge is -2.22. The van der Waals surface area contributed by atoms with Crippen molar-refractivity contribution in [1.29, 1.82) is 0 Å². The predicted molar refractivity (Wildman–Crippen MR) is 61.0 cm³/mol. The number of benzene rings is 1. The fraction of sp³-hybridized carbons (Fsp3) is 0.300. The Bertz CT molecular complexity index is 414. The summed E-state index contributed by atoms with van der Waals surface area (Å²) in [7, 11) is 0. The summed E-state index contributed by atoms with van der Waals surface area (Å²) in [4.78, 5) is 8.04. The summed E-state index contributed by atoms with van der Waals surface area (Å²) in [5.41, 5.74) is 7.84. The maximum Gasteiger partial charge on any atom is 0.168 e. The van der Waals surface area contributed by atoms with Gasteiger partial charge < -0.3 is 10.6 Å². The maximum absolute atomic E-state index is 5.78. The first kappa shape index (κ1) is 8.17. The van der Waals surface area contributed by atoms with Gasteiger partial charge in [-0.15, -0.1) is 0 Å². The number of hydrogen-bond donors (Lipinski definition) is 1. The monoisotopic (exact) mass is 205 g/mol. The second-order valence-corrected chi connectivity index (χ2v) is 4.51. The van der Waals surface area contributed by atoms with E-state index < -0.39 is 0 Å². The number of rotatable bonds is 0. The Morgan fingerprint density at radius 1 is 1.43 bits per heavy atom. The zero-order chi connectivity index (χ0) is 9.54. The van der Waals surface area contributed by atoms with Crippen LogP contribution in [-0.4, -0.2) is 18.3 Å². The molecule has 0 aliphatic carbocycles. The summed E-state index contributed by atoms with van der Waals surface area (Å²) in [5, 5.41) is 1.14. The molecule has 2 aliphatic heterocycles. The minimum absolute atomic E-state index is 0.830. The first-order valence-corrected chi connectivity index (χ1v) is 5.55. The highest BCUT2D eigenvalue weighted by Gasteiger charge is 2.27. The fourth-order valence-electron chi connectivity index (χ4n) is 1.83. The third-order valence-electron chi connectivity index (χ3n) is 2.49. The molecule has 72 valence electrons. The van der Waals surface area contributed by atoms with Crippen molar-refractivity contribution >= 4 is 28.3 Å². The lowest BCUT2D eigenvalue weighted by molar-refractivity contribution is 0.798. The van der Waals surface area contributed by atoms with Crippen molar-refractivity contribution in [2.24, 2.45) is 4.99 Å². The number of nitrogen functional groups attached to an aromatic ring is 1. The summed E-state index contributed by atoms with van der Waals surface area (Å²) < 4.78 is 0. The first-order chi connectivity index (χ1) is 6.84. The summed E-state index contributed by atoms with van der Waals surface area (Å²) in [6, 6.07) is 6.07. The molecule has 0 saturated carbocycles. The Balaban J connectivity index is 2.12. The number of aliphatic imine (C=N–C) groups is 1. The number of fused-ring (bicyclic) bond motifs is 3. The molecule has 14 heavy (non-hydrogen) atoms. The van der Waals surface area contributed by atoms with Crippen molar-refractivity contribution < 1.29 is 0 Å². The molecule has 2 heterocycles. The Hall–Kier alpha value is -1.16. The molecule has 1 aromatic carbocycles. The van der Waals surface area contributed by atoms with Gasteiger partial charge in [0, 0.05) is 23.7 Å². The number of thioether (sulfide) groups is 1. The highest BCUT2D eigenvalue weighted by atomic mass is 32.2. The molecule has 0 radical (unpaired) electrons. The summed E-state index contributed by atoms with van der Waals surface area (Å²) >= 11 is 1.75. The van der Waals surface area contributed by atoms with E-state index in [2.05, 4.69) is 16.0 Å². The van der Waals surface area contributed by atoms with Crippen LogP contribution in [0.2, 0.25) is 0 Å². The molecular weight excluding hydrogens is 194 g/mol. The van der Waals surface area contributed by atoms with Crippen LogP contribution < -0.4 is 10.6 Å². The van der Waals surface area contributed by atoms with Crippen LogP contribution in [0.1, 0.15) is 6.42 Å². The highest BCUT2D eigenvalue weighted by molar-refractivity contribution is 8.14. The minimum atomic E-state index is 0.830. The smallest absolute Gasteiger partial charge is 0.168 e. The van der Waals surface area contributed by atoms with E-state index >= 15 is 0 Å². The van der Waals surface area contributed by atoms with Gasteiger partial charge in [0.15, 0.2) is 5.17 Å². The molecule has 0 unspecified atom stereocenters. The van der Waals surface area contributed by atoms with Gasteiger partial charge in [-0.2, -0.15) is 0 Å². The lowest BCUT2D eigenvalue weighted by atomic mass is 10.2. The second-order valence-electron chi connectivity index (χ2n) is 3.50. The molecule has 0 fully saturated rings. The molecule has 0 aromatic heterocycles. The second kappa shape index (κ2) is 2.92. The molecule has 0 bridgehead atoms. The van der Waals surface area contributed by atoms with Gasteiger partial charge in [-0.25, -0.2) is 0 Å². The molecule has 3 rings (SSSR count). The first-order valence-electron chi connectivity index (χ1n) is 4.74. The Kier molecular flexibility index (Phi) is 1.70. The van der Waals surface area contributed by atoms with Crippen molar-refractivity contribution in [2.75, 3.05) is 23.7 Å². The van der Waals surface area contributed by atoms with Crippen LogP contribution in [-0.2, 0) is 0 Å². The standard InChI is InChI=1S/C10H11N3S/c11-7-2-3-9-8(6-7)13-5-1-4-12-10(13)14-9/h2-3,6H,1,4-5,11H2. The van der Waals surface area contributed by atoms with E-state index in [0.29, 0.717) is 0 Å². The van der Waals surface area contributed by atoms with E-state index in [1.54, 1.807) is 11.8 Å². The third-order valence-corrected chi connectivity index (χ3v) is 3.59. The number of nitrogens with zero attached hydrogens (tertiary/aromatic N) is 2. The van der Waals surface area contributed by atoms with Crippen LogP contribution in [0.5, 0.6) is 0 Å². The molecule has 0 spiro atoms. The quantitative estimate of drug-likeness (QED) is 0.658. The molecule has 3 nitrogen and oxygen atoms in total. The number of hydrogen-bond acceptors (Lipinski definition) is 4. The van der Waals surface area contributed by atoms with Crippen molar-refractivity contribution in [3.63, 3.8) is 0 Å². The molecule has 2 N–H and O–H groups in total. The third kappa shape index (κ3) is 1.10. The van der Waals surface area contributed by atoms with Crippen molar-refractivity contribution in [3.8, 4) is 0 Å². The van der Waals surface area contributed by atoms with Crippen LogP contribution in [0, 0.1) is 0 Å². The Morgan fingerprint density at radius 3 is 3.29 bits per heavy atom. The van der Waals surface area contributed by atoms with Gasteiger partial charge in [0.1, 0.15) is 0 Å². The number of anilines is 2. The average molecular weight is 205 g/mol. The highest BCUT2D eigenvalue weighted by Crippen LogP contribution is 2.42. The van der Waals surface area contributed by atoms with Crippen molar-refractivity contribution in [2.45, 2.75) is 11.3 Å². The van der Waals surface area contributed by atoms with Crippen LogP contribution in [0.4, 0.5) is 11.4 Å². The minimum Gasteiger partial charge on any atom is -0.399 e. The fourth-order valence-corrected chi connectivity index (χ4v) is 2.89. The summed E-state index contributed by atoms with van der Waals surface area (Å²) in [6.07, 6.45) is 1.14. The normalized spacial score (nSPS) is 18.9. The predicted octanol–water partition coefficient (Wildman–Crippen LogP) is 1.94. The molecule has 0 amide bonds. The van der Waals surface area contributed by atoms with E-state index in [9.17, 15) is 0 Å². The van der Waals surface area contributed by atoms with Gasteiger partial charge in [-0.05, 0) is 36.4 Å². The van der Waals surface area contributed by atoms with E-state index in [1.165, 1.54) is 10.6 Å². The topological polar surface area (TPSA) is 41.6 Å². The van der Waals surface area contributed by atoms with Crippen LogP contribution in [0.3, 0.4) is 0 Å². The van der Waals surface area contributed by atoms with Crippen LogP contribution in [0.15, 0.2) is 28.1 Å².